The van der Waals surface area contributed by atoms with Gasteiger partial charge in [0.15, 0.2) is 24.0 Å². The Hall–Kier alpha value is -3.12. The number of amides is 1. The fourth-order valence-corrected chi connectivity index (χ4v) is 2.61. The Morgan fingerprint density at radius 3 is 2.50 bits per heavy atom. The third kappa shape index (κ3) is 4.70. The van der Waals surface area contributed by atoms with E-state index in [4.69, 9.17) is 4.74 Å². The summed E-state index contributed by atoms with van der Waals surface area (Å²) in [6.45, 7) is -0.731. The number of hydrogen-bond donors (Lipinski definition) is 2. The molecular formula is C14H11F2N3O6S. The van der Waals surface area contributed by atoms with Gasteiger partial charge in [-0.2, -0.15) is 0 Å². The van der Waals surface area contributed by atoms with Crippen LogP contribution >= 0.6 is 0 Å². The lowest BCUT2D eigenvalue weighted by atomic mass is 10.3. The first-order valence-electron chi connectivity index (χ1n) is 6.82. The molecule has 9 nitrogen and oxygen atoms in total. The van der Waals surface area contributed by atoms with Crippen molar-refractivity contribution in [1.82, 2.24) is 10.3 Å². The molecule has 12 heteroatoms. The highest BCUT2D eigenvalue weighted by Gasteiger charge is 2.19. The van der Waals surface area contributed by atoms with E-state index in [9.17, 15) is 32.1 Å². The minimum Gasteiger partial charge on any atom is -0.477 e. The zero-order valence-corrected chi connectivity index (χ0v) is 13.6. The topological polar surface area (TPSA) is 128 Å². The van der Waals surface area contributed by atoms with Gasteiger partial charge in [-0.25, -0.2) is 17.2 Å². The van der Waals surface area contributed by atoms with Crippen LogP contribution in [0.5, 0.6) is 5.75 Å². The van der Waals surface area contributed by atoms with Crippen molar-refractivity contribution in [3.05, 3.63) is 64.2 Å². The maximum atomic E-state index is 13.1. The highest BCUT2D eigenvalue weighted by atomic mass is 32.2. The summed E-state index contributed by atoms with van der Waals surface area (Å²) >= 11 is 0. The molecular weight excluding hydrogens is 376 g/mol. The molecule has 2 rings (SSSR count). The first kappa shape index (κ1) is 19.2. The molecule has 0 heterocycles. The molecule has 1 amide bonds. The fraction of sp³-hybridized carbons (Fsp3) is 0.0714. The van der Waals surface area contributed by atoms with Crippen LogP contribution in [0, 0.1) is 21.7 Å². The standard InChI is InChI=1S/C14H11F2N3O6S/c15-10-6-5-9(7-11(10)16)26(23,24)18-17-14(20)8-25-13-4-2-1-3-12(13)19(21)22/h1-7,18H,8H2,(H,17,20). The Kier molecular flexibility index (Phi) is 5.79. The van der Waals surface area contributed by atoms with Gasteiger partial charge in [-0.15, -0.1) is 4.83 Å². The molecule has 0 radical (unpaired) electrons. The maximum Gasteiger partial charge on any atom is 0.310 e. The minimum absolute atomic E-state index is 0.184. The number of benzene rings is 2. The van der Waals surface area contributed by atoms with E-state index in [2.05, 4.69) is 0 Å². The van der Waals surface area contributed by atoms with Gasteiger partial charge in [0.1, 0.15) is 0 Å². The van der Waals surface area contributed by atoms with Crippen molar-refractivity contribution in [3.63, 3.8) is 0 Å². The van der Waals surface area contributed by atoms with Gasteiger partial charge in [0.05, 0.1) is 9.82 Å². The van der Waals surface area contributed by atoms with E-state index in [0.717, 1.165) is 6.07 Å². The third-order valence-corrected chi connectivity index (χ3v) is 4.19. The molecule has 0 bridgehead atoms. The van der Waals surface area contributed by atoms with E-state index in [-0.39, 0.29) is 11.4 Å². The molecule has 0 aliphatic carbocycles. The monoisotopic (exact) mass is 387 g/mol. The van der Waals surface area contributed by atoms with Crippen LogP contribution in [-0.4, -0.2) is 25.9 Å². The molecule has 0 atom stereocenters. The molecule has 0 spiro atoms. The zero-order valence-electron chi connectivity index (χ0n) is 12.8. The van der Waals surface area contributed by atoms with Crippen molar-refractivity contribution < 1.29 is 31.7 Å². The number of hydrazine groups is 1. The summed E-state index contributed by atoms with van der Waals surface area (Å²) in [6.07, 6.45) is 0. The van der Waals surface area contributed by atoms with Crippen LogP contribution < -0.4 is 15.0 Å². The predicted octanol–water partition coefficient (Wildman–Crippen LogP) is 1.26. The molecule has 0 aliphatic heterocycles. The van der Waals surface area contributed by atoms with Crippen LogP contribution in [0.25, 0.3) is 0 Å². The van der Waals surface area contributed by atoms with E-state index < -0.39 is 44.0 Å². The van der Waals surface area contributed by atoms with Crippen LogP contribution in [0.3, 0.4) is 0 Å². The van der Waals surface area contributed by atoms with E-state index in [1.54, 1.807) is 10.3 Å². The largest absolute Gasteiger partial charge is 0.477 e. The van der Waals surface area contributed by atoms with Gasteiger partial charge in [-0.05, 0) is 24.3 Å². The van der Waals surface area contributed by atoms with Gasteiger partial charge in [0, 0.05) is 6.07 Å². The Bertz CT molecular complexity index is 951. The second-order valence-corrected chi connectivity index (χ2v) is 6.43. The summed E-state index contributed by atoms with van der Waals surface area (Å²) in [5, 5.41) is 10.8. The number of halogens is 2. The smallest absolute Gasteiger partial charge is 0.310 e. The minimum atomic E-state index is -4.35. The Morgan fingerprint density at radius 2 is 1.85 bits per heavy atom. The number of carbonyl (C=O) groups excluding carboxylic acids is 1. The van der Waals surface area contributed by atoms with E-state index in [1.807, 2.05) is 0 Å². The Balaban J connectivity index is 1.96. The van der Waals surface area contributed by atoms with Gasteiger partial charge >= 0.3 is 5.69 Å². The number of ether oxygens (including phenoxy) is 1. The molecule has 0 fully saturated rings. The zero-order chi connectivity index (χ0) is 19.3. The SMILES string of the molecule is O=C(COc1ccccc1[N+](=O)[O-])NNS(=O)(=O)c1ccc(F)c(F)c1. The number of sulfonamides is 1. The number of nitrogens with zero attached hydrogens (tertiary/aromatic N) is 1. The van der Waals surface area contributed by atoms with Crippen LogP contribution in [0.15, 0.2) is 47.4 Å². The quantitative estimate of drug-likeness (QED) is 0.544. The van der Waals surface area contributed by atoms with Crippen molar-refractivity contribution >= 4 is 21.6 Å². The van der Waals surface area contributed by atoms with Gasteiger partial charge < -0.3 is 4.74 Å². The number of hydrogen-bond acceptors (Lipinski definition) is 6. The molecule has 0 aromatic heterocycles. The van der Waals surface area contributed by atoms with E-state index in [1.165, 1.54) is 24.3 Å². The Morgan fingerprint density at radius 1 is 1.15 bits per heavy atom. The summed E-state index contributed by atoms with van der Waals surface area (Å²) < 4.78 is 54.6. The maximum absolute atomic E-state index is 13.1. The number of nitro groups is 1. The summed E-state index contributed by atoms with van der Waals surface area (Å²) in [6, 6.07) is 7.14. The fourth-order valence-electron chi connectivity index (χ4n) is 1.74. The molecule has 2 aromatic carbocycles. The van der Waals surface area contributed by atoms with Crippen molar-refractivity contribution in [2.45, 2.75) is 4.90 Å². The normalized spacial score (nSPS) is 11.0. The van der Waals surface area contributed by atoms with Crippen LogP contribution in [-0.2, 0) is 14.8 Å². The lowest BCUT2D eigenvalue weighted by Crippen LogP contribution is -2.43. The first-order valence-corrected chi connectivity index (χ1v) is 8.31. The molecule has 0 saturated heterocycles. The van der Waals surface area contributed by atoms with Crippen molar-refractivity contribution in [2.24, 2.45) is 0 Å². The number of carbonyl (C=O) groups is 1. The molecule has 0 aliphatic rings. The highest BCUT2D eigenvalue weighted by molar-refractivity contribution is 7.89. The van der Waals surface area contributed by atoms with Crippen molar-refractivity contribution in [3.8, 4) is 5.75 Å². The third-order valence-electron chi connectivity index (χ3n) is 2.95. The summed E-state index contributed by atoms with van der Waals surface area (Å²) in [5.74, 6) is -3.77. The van der Waals surface area contributed by atoms with Gasteiger partial charge in [0.2, 0.25) is 0 Å². The first-order chi connectivity index (χ1) is 12.2. The second kappa shape index (κ2) is 7.84. The van der Waals surface area contributed by atoms with Crippen molar-refractivity contribution in [1.29, 1.82) is 0 Å². The molecule has 0 saturated carbocycles. The lowest BCUT2D eigenvalue weighted by Gasteiger charge is -2.10. The predicted molar refractivity (Wildman–Crippen MR) is 83.4 cm³/mol. The number of para-hydroxylation sites is 2. The van der Waals surface area contributed by atoms with Gasteiger partial charge in [0.25, 0.3) is 15.9 Å². The summed E-state index contributed by atoms with van der Waals surface area (Å²) in [7, 11) is -4.35. The van der Waals surface area contributed by atoms with E-state index in [0.29, 0.717) is 12.1 Å². The Labute approximate surface area is 145 Å². The molecule has 2 N–H and O–H groups in total. The molecule has 0 unspecified atom stereocenters. The van der Waals surface area contributed by atoms with Crippen molar-refractivity contribution in [2.75, 3.05) is 6.61 Å². The molecule has 26 heavy (non-hydrogen) atoms. The second-order valence-electron chi connectivity index (χ2n) is 4.74. The summed E-state index contributed by atoms with van der Waals surface area (Å²) in [5.41, 5.74) is 1.41. The lowest BCUT2D eigenvalue weighted by molar-refractivity contribution is -0.385. The van der Waals surface area contributed by atoms with Crippen LogP contribution in [0.2, 0.25) is 0 Å². The highest BCUT2D eigenvalue weighted by Crippen LogP contribution is 2.25. The molecule has 138 valence electrons. The van der Waals surface area contributed by atoms with E-state index >= 15 is 0 Å². The number of nitro benzene ring substituents is 1. The van der Waals surface area contributed by atoms with Gasteiger partial charge in [-0.1, -0.05) is 12.1 Å². The van der Waals surface area contributed by atoms with Crippen LogP contribution in [0.4, 0.5) is 14.5 Å². The number of nitrogens with one attached hydrogen (secondary N) is 2. The molecule has 2 aromatic rings. The number of rotatable bonds is 7. The average Bonchev–Trinajstić information content (AvgIpc) is 2.60. The summed E-state index contributed by atoms with van der Waals surface area (Å²) in [4.78, 5) is 22.8. The van der Waals surface area contributed by atoms with Gasteiger partial charge in [-0.3, -0.25) is 20.3 Å². The average molecular weight is 387 g/mol. The van der Waals surface area contributed by atoms with Crippen LogP contribution in [0.1, 0.15) is 0 Å².